The molecule has 2 N–H and O–H groups in total. The number of hydrogen-bond donors (Lipinski definition) is 2. The Morgan fingerprint density at radius 1 is 1.15 bits per heavy atom. The number of halogens is 2. The molecule has 7 heteroatoms. The van der Waals surface area contributed by atoms with E-state index in [1.807, 2.05) is 0 Å². The van der Waals surface area contributed by atoms with Crippen LogP contribution in [0.15, 0.2) is 39.5 Å². The van der Waals surface area contributed by atoms with Gasteiger partial charge in [0.1, 0.15) is 11.3 Å². The first-order valence-corrected chi connectivity index (χ1v) is 8.54. The molecule has 5 nitrogen and oxygen atoms in total. The van der Waals surface area contributed by atoms with Gasteiger partial charge < -0.3 is 14.8 Å². The summed E-state index contributed by atoms with van der Waals surface area (Å²) in [5, 5.41) is 13.6. The summed E-state index contributed by atoms with van der Waals surface area (Å²) in [6.07, 6.45) is -0.174. The second-order valence-corrected chi connectivity index (χ2v) is 6.69. The van der Waals surface area contributed by atoms with E-state index in [1.165, 1.54) is 6.07 Å². The first-order valence-electron chi connectivity index (χ1n) is 7.78. The van der Waals surface area contributed by atoms with E-state index in [2.05, 4.69) is 5.32 Å². The highest BCUT2D eigenvalue weighted by Crippen LogP contribution is 2.30. The fourth-order valence-corrected chi connectivity index (χ4v) is 3.09. The van der Waals surface area contributed by atoms with Crippen LogP contribution < -0.4 is 10.9 Å². The number of anilines is 1. The summed E-state index contributed by atoms with van der Waals surface area (Å²) in [6, 6.07) is 8.08. The molecular formula is C19H15Cl2NO4. The summed E-state index contributed by atoms with van der Waals surface area (Å²) in [5.41, 5.74) is 1.42. The lowest BCUT2D eigenvalue weighted by Crippen LogP contribution is -2.21. The Balaban J connectivity index is 1.96. The van der Waals surface area contributed by atoms with Crippen LogP contribution in [0.2, 0.25) is 10.0 Å². The molecule has 3 rings (SSSR count). The van der Waals surface area contributed by atoms with Gasteiger partial charge in [-0.15, -0.1) is 0 Å². The Kier molecular flexibility index (Phi) is 4.94. The monoisotopic (exact) mass is 391 g/mol. The SMILES string of the molecule is Cc1c(CC(=O)Nc2cccc(Cl)c2Cl)c(=O)oc2c(C)c(O)ccc12. The van der Waals surface area contributed by atoms with Crippen LogP contribution in [0.5, 0.6) is 5.75 Å². The van der Waals surface area contributed by atoms with Crippen LogP contribution in [0.1, 0.15) is 16.7 Å². The lowest BCUT2D eigenvalue weighted by Gasteiger charge is -2.11. The van der Waals surface area contributed by atoms with Crippen molar-refractivity contribution in [1.82, 2.24) is 0 Å². The quantitative estimate of drug-likeness (QED) is 0.639. The molecule has 0 fully saturated rings. The molecule has 1 heterocycles. The van der Waals surface area contributed by atoms with Gasteiger partial charge in [0.2, 0.25) is 5.91 Å². The molecule has 0 atom stereocenters. The molecule has 0 radical (unpaired) electrons. The zero-order chi connectivity index (χ0) is 19.0. The van der Waals surface area contributed by atoms with Gasteiger partial charge in [0.15, 0.2) is 0 Å². The summed E-state index contributed by atoms with van der Waals surface area (Å²) in [7, 11) is 0. The molecule has 0 aliphatic rings. The van der Waals surface area contributed by atoms with Crippen LogP contribution in [0, 0.1) is 13.8 Å². The van der Waals surface area contributed by atoms with E-state index in [9.17, 15) is 14.7 Å². The number of benzene rings is 2. The Labute approximate surface area is 159 Å². The second-order valence-electron chi connectivity index (χ2n) is 5.91. The van der Waals surface area contributed by atoms with Gasteiger partial charge >= 0.3 is 5.63 Å². The zero-order valence-corrected chi connectivity index (χ0v) is 15.5. The van der Waals surface area contributed by atoms with Crippen molar-refractivity contribution < 1.29 is 14.3 Å². The highest BCUT2D eigenvalue weighted by atomic mass is 35.5. The molecular weight excluding hydrogens is 377 g/mol. The summed E-state index contributed by atoms with van der Waals surface area (Å²) in [6.45, 7) is 3.40. The third-order valence-electron chi connectivity index (χ3n) is 4.24. The molecule has 0 bridgehead atoms. The fourth-order valence-electron chi connectivity index (χ4n) is 2.74. The van der Waals surface area contributed by atoms with Crippen LogP contribution in [-0.2, 0) is 11.2 Å². The lowest BCUT2D eigenvalue weighted by atomic mass is 10.0. The largest absolute Gasteiger partial charge is 0.508 e. The topological polar surface area (TPSA) is 79.5 Å². The van der Waals surface area contributed by atoms with Crippen LogP contribution in [-0.4, -0.2) is 11.0 Å². The van der Waals surface area contributed by atoms with Crippen LogP contribution in [0.3, 0.4) is 0 Å². The van der Waals surface area contributed by atoms with Gasteiger partial charge in [-0.2, -0.15) is 0 Å². The molecule has 0 saturated carbocycles. The number of rotatable bonds is 3. The average molecular weight is 392 g/mol. The molecule has 0 aliphatic heterocycles. The number of nitrogens with one attached hydrogen (secondary N) is 1. The molecule has 0 spiro atoms. The minimum atomic E-state index is -0.615. The van der Waals surface area contributed by atoms with Gasteiger partial charge in [0.25, 0.3) is 0 Å². The van der Waals surface area contributed by atoms with Gasteiger partial charge in [-0.05, 0) is 43.7 Å². The van der Waals surface area contributed by atoms with Crippen molar-refractivity contribution in [3.63, 3.8) is 0 Å². The second kappa shape index (κ2) is 7.02. The molecule has 0 unspecified atom stereocenters. The van der Waals surface area contributed by atoms with Gasteiger partial charge in [0, 0.05) is 10.9 Å². The minimum absolute atomic E-state index is 0.0427. The maximum Gasteiger partial charge on any atom is 0.340 e. The van der Waals surface area contributed by atoms with E-state index >= 15 is 0 Å². The third-order valence-corrected chi connectivity index (χ3v) is 5.06. The van der Waals surface area contributed by atoms with Crippen LogP contribution in [0.4, 0.5) is 5.69 Å². The fraction of sp³-hybridized carbons (Fsp3) is 0.158. The van der Waals surface area contributed by atoms with E-state index in [0.29, 0.717) is 32.8 Å². The van der Waals surface area contributed by atoms with Crippen LogP contribution >= 0.6 is 23.2 Å². The van der Waals surface area contributed by atoms with E-state index in [0.717, 1.165) is 0 Å². The van der Waals surface area contributed by atoms with Crippen molar-refractivity contribution in [3.8, 4) is 5.75 Å². The van der Waals surface area contributed by atoms with Gasteiger partial charge in [0.05, 0.1) is 27.7 Å². The Hall–Kier alpha value is -2.50. The first-order chi connectivity index (χ1) is 12.3. The van der Waals surface area contributed by atoms with Gasteiger partial charge in [-0.1, -0.05) is 29.3 Å². The maximum absolute atomic E-state index is 12.4. The third kappa shape index (κ3) is 3.28. The molecule has 26 heavy (non-hydrogen) atoms. The Bertz CT molecular complexity index is 1090. The van der Waals surface area contributed by atoms with Crippen molar-refractivity contribution in [1.29, 1.82) is 0 Å². The lowest BCUT2D eigenvalue weighted by molar-refractivity contribution is -0.115. The number of fused-ring (bicyclic) bond motifs is 1. The van der Waals surface area contributed by atoms with Crippen molar-refractivity contribution in [2.75, 3.05) is 5.32 Å². The number of carbonyl (C=O) groups is 1. The molecule has 0 saturated heterocycles. The van der Waals surface area contributed by atoms with Crippen molar-refractivity contribution in [2.45, 2.75) is 20.3 Å². The van der Waals surface area contributed by atoms with E-state index in [1.54, 1.807) is 38.1 Å². The number of aromatic hydroxyl groups is 1. The number of amides is 1. The standard InChI is InChI=1S/C19H15Cl2NO4/c1-9-11-6-7-15(23)10(2)18(11)26-19(25)12(9)8-16(24)22-14-5-3-4-13(20)17(14)21/h3-7,23H,8H2,1-2H3,(H,22,24). The van der Waals surface area contributed by atoms with Crippen LogP contribution in [0.25, 0.3) is 11.0 Å². The molecule has 1 amide bonds. The smallest absolute Gasteiger partial charge is 0.340 e. The van der Waals surface area contributed by atoms with Crippen molar-refractivity contribution in [2.24, 2.45) is 0 Å². The number of hydrogen-bond acceptors (Lipinski definition) is 4. The first kappa shape index (κ1) is 18.3. The van der Waals surface area contributed by atoms with Crippen molar-refractivity contribution >= 4 is 45.8 Å². The predicted molar refractivity (Wildman–Crippen MR) is 102 cm³/mol. The molecule has 1 aromatic heterocycles. The van der Waals surface area contributed by atoms with Gasteiger partial charge in [-0.3, -0.25) is 4.79 Å². The number of phenolic OH excluding ortho intramolecular Hbond substituents is 1. The summed E-state index contributed by atoms with van der Waals surface area (Å²) in [4.78, 5) is 24.7. The maximum atomic E-state index is 12.4. The number of aryl methyl sites for hydroxylation is 2. The molecule has 2 aromatic carbocycles. The van der Waals surface area contributed by atoms with E-state index in [4.69, 9.17) is 27.6 Å². The summed E-state index contributed by atoms with van der Waals surface area (Å²) in [5.74, 6) is -0.374. The molecule has 0 aliphatic carbocycles. The van der Waals surface area contributed by atoms with E-state index in [-0.39, 0.29) is 22.8 Å². The summed E-state index contributed by atoms with van der Waals surface area (Å²) >= 11 is 12.0. The summed E-state index contributed by atoms with van der Waals surface area (Å²) < 4.78 is 5.34. The Morgan fingerprint density at radius 3 is 2.62 bits per heavy atom. The van der Waals surface area contributed by atoms with E-state index < -0.39 is 11.5 Å². The van der Waals surface area contributed by atoms with Crippen molar-refractivity contribution in [3.05, 3.63) is 67.5 Å². The normalized spacial score (nSPS) is 10.9. The highest BCUT2D eigenvalue weighted by Gasteiger charge is 2.18. The molecule has 134 valence electrons. The molecule has 3 aromatic rings. The number of carbonyl (C=O) groups excluding carboxylic acids is 1. The minimum Gasteiger partial charge on any atom is -0.508 e. The Morgan fingerprint density at radius 2 is 1.88 bits per heavy atom. The zero-order valence-electron chi connectivity index (χ0n) is 14.0. The highest BCUT2D eigenvalue weighted by molar-refractivity contribution is 6.44. The van der Waals surface area contributed by atoms with Gasteiger partial charge in [-0.25, -0.2) is 4.79 Å². The predicted octanol–water partition coefficient (Wildman–Crippen LogP) is 4.60. The average Bonchev–Trinajstić information content (AvgIpc) is 2.59. The number of phenols is 1.